The third-order valence-electron chi connectivity index (χ3n) is 4.83. The molecule has 126 valence electrons. The van der Waals surface area contributed by atoms with Gasteiger partial charge in [-0.25, -0.2) is 0 Å². The van der Waals surface area contributed by atoms with Gasteiger partial charge in [-0.3, -0.25) is 4.79 Å². The van der Waals surface area contributed by atoms with E-state index in [0.717, 1.165) is 43.8 Å². The summed E-state index contributed by atoms with van der Waals surface area (Å²) in [5.74, 6) is 1.24. The molecule has 2 aliphatic heterocycles. The Morgan fingerprint density at radius 2 is 2.04 bits per heavy atom. The van der Waals surface area contributed by atoms with Crippen LogP contribution in [0.25, 0.3) is 0 Å². The summed E-state index contributed by atoms with van der Waals surface area (Å²) >= 11 is 0. The summed E-state index contributed by atoms with van der Waals surface area (Å²) in [4.78, 5) is 15.0. The molecule has 0 saturated carbocycles. The number of piperidine rings is 1. The lowest BCUT2D eigenvalue weighted by atomic mass is 9.95. The Kier molecular flexibility index (Phi) is 5.18. The number of amides is 1. The van der Waals surface area contributed by atoms with Crippen LogP contribution in [0.4, 0.5) is 0 Å². The fraction of sp³-hybridized carbons (Fsp3) is 0.611. The van der Waals surface area contributed by atoms with Crippen molar-refractivity contribution in [2.75, 3.05) is 26.4 Å². The van der Waals surface area contributed by atoms with Crippen LogP contribution in [0.3, 0.4) is 0 Å². The zero-order valence-corrected chi connectivity index (χ0v) is 14.0. The third kappa shape index (κ3) is 3.85. The summed E-state index contributed by atoms with van der Waals surface area (Å²) in [6.07, 6.45) is 1.73. The molecule has 1 aromatic rings. The van der Waals surface area contributed by atoms with Crippen molar-refractivity contribution in [1.29, 1.82) is 0 Å². The van der Waals surface area contributed by atoms with Crippen LogP contribution in [-0.4, -0.2) is 43.3 Å². The van der Waals surface area contributed by atoms with Gasteiger partial charge in [0.05, 0.1) is 0 Å². The van der Waals surface area contributed by atoms with E-state index in [0.29, 0.717) is 12.0 Å². The number of rotatable bonds is 4. The van der Waals surface area contributed by atoms with Crippen molar-refractivity contribution in [3.8, 4) is 5.75 Å². The lowest BCUT2D eigenvalue weighted by Gasteiger charge is -2.35. The van der Waals surface area contributed by atoms with Gasteiger partial charge in [-0.1, -0.05) is 18.2 Å². The molecule has 0 bridgehead atoms. The molecular weight excluding hydrogens is 292 g/mol. The van der Waals surface area contributed by atoms with Gasteiger partial charge in [-0.05, 0) is 51.8 Å². The Morgan fingerprint density at radius 3 is 2.78 bits per heavy atom. The number of para-hydroxylation sites is 1. The van der Waals surface area contributed by atoms with Gasteiger partial charge in [-0.2, -0.15) is 0 Å². The number of carbonyl (C=O) groups excluding carboxylic acids is 1. The van der Waals surface area contributed by atoms with Crippen molar-refractivity contribution in [3.05, 3.63) is 29.8 Å². The minimum absolute atomic E-state index is 0.0629. The Hall–Kier alpha value is -1.59. The fourth-order valence-corrected chi connectivity index (χ4v) is 3.31. The molecule has 0 aliphatic carbocycles. The number of ether oxygens (including phenoxy) is 2. The molecule has 0 spiro atoms. The average Bonchev–Trinajstić information content (AvgIpc) is 2.59. The molecule has 1 N–H and O–H groups in total. The third-order valence-corrected chi connectivity index (χ3v) is 4.83. The van der Waals surface area contributed by atoms with Crippen LogP contribution in [0, 0.1) is 5.92 Å². The number of likely N-dealkylation sites (tertiary alicyclic amines) is 1. The van der Waals surface area contributed by atoms with Crippen LogP contribution >= 0.6 is 0 Å². The average molecular weight is 318 g/mol. The summed E-state index contributed by atoms with van der Waals surface area (Å²) < 4.78 is 10.9. The second kappa shape index (κ2) is 7.32. The second-order valence-electron chi connectivity index (χ2n) is 6.66. The first kappa shape index (κ1) is 16.3. The standard InChI is InChI=1S/C18H26N2O3/c1-13(2)20-9-7-14(8-10-20)11-19-18(21)17-15-5-3-4-6-16(15)22-12-23-17/h3-6,13-14,17H,7-12H2,1-2H3,(H,19,21)/t17-/m1/s1. The molecule has 2 heterocycles. The van der Waals surface area contributed by atoms with E-state index in [1.165, 1.54) is 0 Å². The van der Waals surface area contributed by atoms with E-state index >= 15 is 0 Å². The summed E-state index contributed by atoms with van der Waals surface area (Å²) in [7, 11) is 0. The largest absolute Gasteiger partial charge is 0.467 e. The Bertz CT molecular complexity index is 539. The van der Waals surface area contributed by atoms with E-state index in [1.54, 1.807) is 0 Å². The van der Waals surface area contributed by atoms with E-state index in [2.05, 4.69) is 24.1 Å². The lowest BCUT2D eigenvalue weighted by molar-refractivity contribution is -0.142. The smallest absolute Gasteiger partial charge is 0.254 e. The first-order valence-corrected chi connectivity index (χ1v) is 8.50. The van der Waals surface area contributed by atoms with E-state index in [-0.39, 0.29) is 12.7 Å². The molecule has 3 rings (SSSR count). The van der Waals surface area contributed by atoms with Gasteiger partial charge in [0.1, 0.15) is 5.75 Å². The fourth-order valence-electron chi connectivity index (χ4n) is 3.31. The number of fused-ring (bicyclic) bond motifs is 1. The first-order valence-electron chi connectivity index (χ1n) is 8.50. The van der Waals surface area contributed by atoms with Crippen molar-refractivity contribution in [2.45, 2.75) is 38.8 Å². The number of hydrogen-bond acceptors (Lipinski definition) is 4. The van der Waals surface area contributed by atoms with Crippen molar-refractivity contribution in [3.63, 3.8) is 0 Å². The van der Waals surface area contributed by atoms with Gasteiger partial charge >= 0.3 is 0 Å². The molecule has 1 aromatic carbocycles. The molecule has 1 saturated heterocycles. The highest BCUT2D eigenvalue weighted by Crippen LogP contribution is 2.31. The maximum atomic E-state index is 12.5. The van der Waals surface area contributed by atoms with Crippen LogP contribution in [0.2, 0.25) is 0 Å². The number of nitrogens with zero attached hydrogens (tertiary/aromatic N) is 1. The van der Waals surface area contributed by atoms with Crippen LogP contribution < -0.4 is 10.1 Å². The summed E-state index contributed by atoms with van der Waals surface area (Å²) in [6.45, 7) is 7.57. The lowest BCUT2D eigenvalue weighted by Crippen LogP contribution is -2.42. The molecule has 0 radical (unpaired) electrons. The predicted molar refractivity (Wildman–Crippen MR) is 88.2 cm³/mol. The van der Waals surface area contributed by atoms with Crippen LogP contribution in [0.5, 0.6) is 5.75 Å². The number of nitrogens with one attached hydrogen (secondary N) is 1. The zero-order valence-electron chi connectivity index (χ0n) is 14.0. The summed E-state index contributed by atoms with van der Waals surface area (Å²) in [5, 5.41) is 3.07. The molecule has 1 amide bonds. The monoisotopic (exact) mass is 318 g/mol. The zero-order chi connectivity index (χ0) is 16.2. The molecule has 0 aromatic heterocycles. The van der Waals surface area contributed by atoms with Crippen LogP contribution in [0.15, 0.2) is 24.3 Å². The topological polar surface area (TPSA) is 50.8 Å². The van der Waals surface area contributed by atoms with Crippen molar-refractivity contribution in [2.24, 2.45) is 5.92 Å². The molecule has 1 atom stereocenters. The van der Waals surface area contributed by atoms with E-state index in [1.807, 2.05) is 24.3 Å². The van der Waals surface area contributed by atoms with E-state index in [9.17, 15) is 4.79 Å². The molecule has 2 aliphatic rings. The molecule has 1 fully saturated rings. The second-order valence-corrected chi connectivity index (χ2v) is 6.66. The van der Waals surface area contributed by atoms with Gasteiger partial charge in [0, 0.05) is 18.2 Å². The van der Waals surface area contributed by atoms with Crippen LogP contribution in [-0.2, 0) is 9.53 Å². The van der Waals surface area contributed by atoms with E-state index in [4.69, 9.17) is 9.47 Å². The predicted octanol–water partition coefficient (Wildman–Crippen LogP) is 2.33. The van der Waals surface area contributed by atoms with Gasteiger partial charge in [-0.15, -0.1) is 0 Å². The highest BCUT2D eigenvalue weighted by Gasteiger charge is 2.29. The van der Waals surface area contributed by atoms with Crippen molar-refractivity contribution < 1.29 is 14.3 Å². The Morgan fingerprint density at radius 1 is 1.30 bits per heavy atom. The van der Waals surface area contributed by atoms with Gasteiger partial charge in [0.25, 0.3) is 5.91 Å². The van der Waals surface area contributed by atoms with Gasteiger partial charge in [0.15, 0.2) is 12.9 Å². The molecule has 5 heteroatoms. The van der Waals surface area contributed by atoms with Gasteiger partial charge in [0.2, 0.25) is 0 Å². The quantitative estimate of drug-likeness (QED) is 0.926. The molecule has 23 heavy (non-hydrogen) atoms. The maximum absolute atomic E-state index is 12.5. The molecule has 0 unspecified atom stereocenters. The number of carbonyl (C=O) groups is 1. The number of hydrogen-bond donors (Lipinski definition) is 1. The maximum Gasteiger partial charge on any atom is 0.254 e. The summed E-state index contributed by atoms with van der Waals surface area (Å²) in [5.41, 5.74) is 0.811. The molecular formula is C18H26N2O3. The van der Waals surface area contributed by atoms with Gasteiger partial charge < -0.3 is 19.7 Å². The SMILES string of the molecule is CC(C)N1CCC(CNC(=O)[C@@H]2OCOc3ccccc32)CC1. The van der Waals surface area contributed by atoms with Crippen molar-refractivity contribution >= 4 is 5.91 Å². The number of benzene rings is 1. The van der Waals surface area contributed by atoms with E-state index < -0.39 is 6.10 Å². The first-order chi connectivity index (χ1) is 11.1. The minimum Gasteiger partial charge on any atom is -0.467 e. The summed E-state index contributed by atoms with van der Waals surface area (Å²) in [6, 6.07) is 8.18. The highest BCUT2D eigenvalue weighted by atomic mass is 16.7. The molecule has 5 nitrogen and oxygen atoms in total. The van der Waals surface area contributed by atoms with Crippen LogP contribution in [0.1, 0.15) is 38.4 Å². The normalized spacial score (nSPS) is 22.5. The highest BCUT2D eigenvalue weighted by molar-refractivity contribution is 5.83. The Balaban J connectivity index is 1.51. The minimum atomic E-state index is -0.560. The van der Waals surface area contributed by atoms with Crippen molar-refractivity contribution in [1.82, 2.24) is 10.2 Å². The Labute approximate surface area is 137 Å².